The molecular formula is C16H14F3N5O4S2. The molecule has 0 atom stereocenters. The molecule has 0 bridgehead atoms. The zero-order valence-electron chi connectivity index (χ0n) is 15.1. The fraction of sp³-hybridized carbons (Fsp3) is 0.125. The highest BCUT2D eigenvalue weighted by molar-refractivity contribution is 7.89. The number of ether oxygens (including phenoxy) is 1. The average molecular weight is 461 g/mol. The minimum atomic E-state index is -5.09. The molecular weight excluding hydrogens is 447 g/mol. The van der Waals surface area contributed by atoms with Crippen molar-refractivity contribution in [2.24, 2.45) is 12.2 Å². The number of halogens is 3. The van der Waals surface area contributed by atoms with Crippen LogP contribution in [0.2, 0.25) is 0 Å². The molecule has 0 saturated heterocycles. The van der Waals surface area contributed by atoms with Gasteiger partial charge in [0.2, 0.25) is 10.0 Å². The number of carbonyl (C=O) groups excluding carboxylic acids is 1. The van der Waals surface area contributed by atoms with Crippen molar-refractivity contribution in [3.8, 4) is 5.75 Å². The smallest absolute Gasteiger partial charge is 0.404 e. The Kier molecular flexibility index (Phi) is 5.58. The van der Waals surface area contributed by atoms with E-state index in [9.17, 15) is 26.4 Å². The van der Waals surface area contributed by atoms with Crippen molar-refractivity contribution < 1.29 is 31.1 Å². The highest BCUT2D eigenvalue weighted by Crippen LogP contribution is 2.36. The summed E-state index contributed by atoms with van der Waals surface area (Å²) >= 11 is 3.92. The molecule has 14 heteroatoms. The van der Waals surface area contributed by atoms with Gasteiger partial charge < -0.3 is 10.1 Å². The Labute approximate surface area is 173 Å². The standard InChI is InChI=1S/C16H14F3N5O4S2/c1-23-12-4-2-3-11(10(12)8-21-23)22-15(25)24(29)13-7-9(30(20,26)27)5-6-14(13)28-16(17,18)19/h2-8,29H,1H3,(H,22,25)(H2,20,26,27). The van der Waals surface area contributed by atoms with Crippen molar-refractivity contribution in [1.29, 1.82) is 0 Å². The number of nitrogens with two attached hydrogens (primary N) is 1. The number of hydrogen-bond acceptors (Lipinski definition) is 6. The number of urea groups is 1. The molecule has 0 fully saturated rings. The van der Waals surface area contributed by atoms with Crippen molar-refractivity contribution in [3.05, 3.63) is 42.6 Å². The number of sulfonamides is 1. The summed E-state index contributed by atoms with van der Waals surface area (Å²) in [5.74, 6) is -0.848. The maximum atomic E-state index is 12.7. The van der Waals surface area contributed by atoms with Crippen LogP contribution in [-0.2, 0) is 17.1 Å². The van der Waals surface area contributed by atoms with Gasteiger partial charge in [-0.25, -0.2) is 22.7 Å². The van der Waals surface area contributed by atoms with Gasteiger partial charge in [-0.05, 0) is 30.3 Å². The maximum absolute atomic E-state index is 12.7. The molecule has 1 aromatic heterocycles. The highest BCUT2D eigenvalue weighted by Gasteiger charge is 2.34. The Morgan fingerprint density at radius 1 is 1.30 bits per heavy atom. The van der Waals surface area contributed by atoms with Crippen molar-refractivity contribution >= 4 is 51.1 Å². The normalized spacial score (nSPS) is 12.1. The molecule has 0 aliphatic heterocycles. The second kappa shape index (κ2) is 7.70. The van der Waals surface area contributed by atoms with E-state index in [-0.39, 0.29) is 0 Å². The van der Waals surface area contributed by atoms with Crippen LogP contribution in [0.5, 0.6) is 5.75 Å². The number of carbonyl (C=O) groups is 1. The quantitative estimate of drug-likeness (QED) is 0.516. The number of fused-ring (bicyclic) bond motifs is 1. The molecule has 0 aliphatic rings. The number of aryl methyl sites for hydroxylation is 1. The number of nitrogens with zero attached hydrogens (tertiary/aromatic N) is 3. The van der Waals surface area contributed by atoms with Crippen LogP contribution in [0, 0.1) is 0 Å². The first-order chi connectivity index (χ1) is 13.9. The van der Waals surface area contributed by atoms with Gasteiger partial charge in [0.05, 0.1) is 22.3 Å². The third-order valence-electron chi connectivity index (χ3n) is 3.94. The maximum Gasteiger partial charge on any atom is 0.573 e. The summed E-state index contributed by atoms with van der Waals surface area (Å²) in [6.45, 7) is 0. The topological polar surface area (TPSA) is 120 Å². The van der Waals surface area contributed by atoms with Gasteiger partial charge in [0.25, 0.3) is 0 Å². The number of benzene rings is 2. The van der Waals surface area contributed by atoms with Gasteiger partial charge in [0.1, 0.15) is 5.69 Å². The molecule has 160 valence electrons. The Morgan fingerprint density at radius 3 is 2.63 bits per heavy atom. The summed E-state index contributed by atoms with van der Waals surface area (Å²) < 4.78 is 67.2. The van der Waals surface area contributed by atoms with E-state index in [0.717, 1.165) is 18.2 Å². The molecule has 3 aromatic rings. The van der Waals surface area contributed by atoms with E-state index in [0.29, 0.717) is 20.9 Å². The lowest BCUT2D eigenvalue weighted by Crippen LogP contribution is -2.28. The predicted molar refractivity (Wildman–Crippen MR) is 106 cm³/mol. The highest BCUT2D eigenvalue weighted by atomic mass is 32.2. The molecule has 2 aromatic carbocycles. The molecule has 3 N–H and O–H groups in total. The lowest BCUT2D eigenvalue weighted by Gasteiger charge is -2.21. The Hall–Kier alpha value is -2.97. The number of nitrogens with one attached hydrogen (secondary N) is 1. The zero-order valence-corrected chi connectivity index (χ0v) is 16.8. The minimum Gasteiger partial charge on any atom is -0.404 e. The Bertz CT molecular complexity index is 1230. The number of alkyl halides is 3. The number of primary sulfonamides is 1. The molecule has 0 spiro atoms. The molecule has 0 aliphatic carbocycles. The third kappa shape index (κ3) is 4.60. The SMILES string of the molecule is Cn1ncc2c(NC(=O)N(S)c3cc(S(N)(=O)=O)ccc3OC(F)(F)F)cccc21. The van der Waals surface area contributed by atoms with Crippen molar-refractivity contribution in [1.82, 2.24) is 9.78 Å². The lowest BCUT2D eigenvalue weighted by molar-refractivity contribution is -0.274. The van der Waals surface area contributed by atoms with Crippen LogP contribution in [0.3, 0.4) is 0 Å². The number of amides is 2. The summed E-state index contributed by atoms with van der Waals surface area (Å²) in [4.78, 5) is 12.1. The second-order valence-electron chi connectivity index (χ2n) is 5.97. The largest absolute Gasteiger partial charge is 0.573 e. The second-order valence-corrected chi connectivity index (χ2v) is 7.93. The lowest BCUT2D eigenvalue weighted by atomic mass is 10.2. The van der Waals surface area contributed by atoms with Crippen LogP contribution in [0.1, 0.15) is 0 Å². The summed E-state index contributed by atoms with van der Waals surface area (Å²) in [5.41, 5.74) is 0.416. The number of anilines is 2. The van der Waals surface area contributed by atoms with Gasteiger partial charge in [-0.3, -0.25) is 4.68 Å². The third-order valence-corrected chi connectivity index (χ3v) is 5.25. The molecule has 30 heavy (non-hydrogen) atoms. The zero-order chi connectivity index (χ0) is 22.3. The van der Waals surface area contributed by atoms with Gasteiger partial charge >= 0.3 is 12.4 Å². The first-order valence-corrected chi connectivity index (χ1v) is 9.95. The van der Waals surface area contributed by atoms with Crippen LogP contribution >= 0.6 is 12.8 Å². The Morgan fingerprint density at radius 2 is 2.00 bits per heavy atom. The van der Waals surface area contributed by atoms with Crippen LogP contribution in [0.15, 0.2) is 47.5 Å². The van der Waals surface area contributed by atoms with Crippen LogP contribution < -0.4 is 19.5 Å². The molecule has 1 heterocycles. The number of aromatic nitrogens is 2. The van der Waals surface area contributed by atoms with Gasteiger partial charge in [-0.1, -0.05) is 18.9 Å². The predicted octanol–water partition coefficient (Wildman–Crippen LogP) is 3.00. The van der Waals surface area contributed by atoms with Crippen LogP contribution in [0.4, 0.5) is 29.3 Å². The van der Waals surface area contributed by atoms with Crippen molar-refractivity contribution in [3.63, 3.8) is 0 Å². The van der Waals surface area contributed by atoms with E-state index in [2.05, 4.69) is 28.0 Å². The first-order valence-electron chi connectivity index (χ1n) is 8.00. The minimum absolute atomic E-state index is 0.311. The fourth-order valence-corrected chi connectivity index (χ4v) is 3.35. The van der Waals surface area contributed by atoms with E-state index in [1.165, 1.54) is 6.20 Å². The fourth-order valence-electron chi connectivity index (χ4n) is 2.61. The van der Waals surface area contributed by atoms with E-state index in [4.69, 9.17) is 5.14 Å². The molecule has 0 unspecified atom stereocenters. The number of thiol groups is 1. The summed E-state index contributed by atoms with van der Waals surface area (Å²) in [6.07, 6.45) is -3.60. The van der Waals surface area contributed by atoms with E-state index in [1.54, 1.807) is 29.9 Å². The molecule has 0 radical (unpaired) electrons. The van der Waals surface area contributed by atoms with Crippen LogP contribution in [-0.4, -0.2) is 30.6 Å². The van der Waals surface area contributed by atoms with Gasteiger partial charge in [-0.2, -0.15) is 5.10 Å². The van der Waals surface area contributed by atoms with E-state index in [1.807, 2.05) is 0 Å². The monoisotopic (exact) mass is 461 g/mol. The number of rotatable bonds is 4. The van der Waals surface area contributed by atoms with Gasteiger partial charge in [-0.15, -0.1) is 13.2 Å². The van der Waals surface area contributed by atoms with E-state index >= 15 is 0 Å². The van der Waals surface area contributed by atoms with Gasteiger partial charge in [0.15, 0.2) is 5.75 Å². The molecule has 3 rings (SSSR count). The van der Waals surface area contributed by atoms with Crippen molar-refractivity contribution in [2.75, 3.05) is 9.62 Å². The van der Waals surface area contributed by atoms with Gasteiger partial charge in [0, 0.05) is 12.4 Å². The summed E-state index contributed by atoms with van der Waals surface area (Å²) in [6, 6.07) is 6.25. The average Bonchev–Trinajstić information content (AvgIpc) is 3.01. The van der Waals surface area contributed by atoms with Crippen molar-refractivity contribution in [2.45, 2.75) is 11.3 Å². The number of hydrogen-bond donors (Lipinski definition) is 3. The van der Waals surface area contributed by atoms with Crippen LogP contribution in [0.25, 0.3) is 10.9 Å². The molecule has 2 amide bonds. The molecule has 9 nitrogen and oxygen atoms in total. The Balaban J connectivity index is 1.99. The van der Waals surface area contributed by atoms with E-state index < -0.39 is 38.7 Å². The first kappa shape index (κ1) is 21.7. The summed E-state index contributed by atoms with van der Waals surface area (Å²) in [5, 5.41) is 12.1. The molecule has 0 saturated carbocycles. The summed E-state index contributed by atoms with van der Waals surface area (Å²) in [7, 11) is -2.58.